The minimum Gasteiger partial charge on any atom is -0.321 e. The topological polar surface area (TPSA) is 118 Å². The van der Waals surface area contributed by atoms with Crippen LogP contribution >= 0.6 is 11.6 Å². The van der Waals surface area contributed by atoms with Gasteiger partial charge in [0.05, 0.1) is 4.90 Å². The molecular formula is C22H19ClN4O3S. The number of aromatic nitrogens is 1. The standard InChI is InChI=1S/C22H19ClN4O3S/c1-14-11-16(12-17(13-24)22(28)26-19-5-3-18(23)4-6-19)15(2)27(14)20-7-9-21(10-8-20)31(25,29)30/h3-12H,1-2H3,(H,26,28)(H2,25,29,30)/b17-12-. The summed E-state index contributed by atoms with van der Waals surface area (Å²) >= 11 is 5.85. The predicted molar refractivity (Wildman–Crippen MR) is 120 cm³/mol. The molecule has 0 saturated carbocycles. The fourth-order valence-corrected chi connectivity index (χ4v) is 3.79. The van der Waals surface area contributed by atoms with Crippen LogP contribution in [0.1, 0.15) is 17.0 Å². The number of benzene rings is 2. The van der Waals surface area contributed by atoms with Gasteiger partial charge in [0.2, 0.25) is 10.0 Å². The molecule has 0 radical (unpaired) electrons. The second kappa shape index (κ2) is 8.78. The van der Waals surface area contributed by atoms with Crippen LogP contribution in [0, 0.1) is 25.2 Å². The number of carbonyl (C=O) groups is 1. The molecule has 0 spiro atoms. The van der Waals surface area contributed by atoms with Gasteiger partial charge >= 0.3 is 0 Å². The van der Waals surface area contributed by atoms with E-state index >= 15 is 0 Å². The van der Waals surface area contributed by atoms with E-state index in [-0.39, 0.29) is 10.5 Å². The molecule has 7 nitrogen and oxygen atoms in total. The summed E-state index contributed by atoms with van der Waals surface area (Å²) in [5.74, 6) is -0.535. The number of aryl methyl sites for hydroxylation is 1. The Morgan fingerprint density at radius 1 is 1.13 bits per heavy atom. The Labute approximate surface area is 185 Å². The number of amides is 1. The highest BCUT2D eigenvalue weighted by Gasteiger charge is 2.15. The molecule has 31 heavy (non-hydrogen) atoms. The molecule has 2 aromatic carbocycles. The van der Waals surface area contributed by atoms with Gasteiger partial charge in [-0.2, -0.15) is 5.26 Å². The van der Waals surface area contributed by atoms with Crippen LogP contribution in [0.3, 0.4) is 0 Å². The molecule has 3 rings (SSSR count). The lowest BCUT2D eigenvalue weighted by atomic mass is 10.1. The van der Waals surface area contributed by atoms with Crippen molar-refractivity contribution in [3.63, 3.8) is 0 Å². The number of primary sulfonamides is 1. The third-order valence-corrected chi connectivity index (χ3v) is 5.84. The van der Waals surface area contributed by atoms with Crippen molar-refractivity contribution < 1.29 is 13.2 Å². The number of nitrogens with zero attached hydrogens (tertiary/aromatic N) is 2. The molecule has 0 aliphatic rings. The average molecular weight is 455 g/mol. The lowest BCUT2D eigenvalue weighted by Crippen LogP contribution is -2.13. The van der Waals surface area contributed by atoms with Crippen molar-refractivity contribution in [2.24, 2.45) is 5.14 Å². The summed E-state index contributed by atoms with van der Waals surface area (Å²) in [5, 5.41) is 17.9. The molecule has 1 amide bonds. The number of sulfonamides is 1. The van der Waals surface area contributed by atoms with Crippen LogP contribution in [0.5, 0.6) is 0 Å². The lowest BCUT2D eigenvalue weighted by Gasteiger charge is -2.10. The molecule has 9 heteroatoms. The number of hydrogen-bond acceptors (Lipinski definition) is 4. The first-order valence-electron chi connectivity index (χ1n) is 9.11. The van der Waals surface area contributed by atoms with Crippen molar-refractivity contribution in [1.29, 1.82) is 5.26 Å². The first-order chi connectivity index (χ1) is 14.6. The summed E-state index contributed by atoms with van der Waals surface area (Å²) in [6.45, 7) is 3.72. The van der Waals surface area contributed by atoms with Crippen LogP contribution < -0.4 is 10.5 Å². The second-order valence-corrected chi connectivity index (χ2v) is 8.83. The van der Waals surface area contributed by atoms with Crippen molar-refractivity contribution in [3.05, 3.63) is 82.1 Å². The smallest absolute Gasteiger partial charge is 0.266 e. The third-order valence-electron chi connectivity index (χ3n) is 4.66. The zero-order chi connectivity index (χ0) is 22.8. The van der Waals surface area contributed by atoms with Gasteiger partial charge in [0, 0.05) is 27.8 Å². The molecule has 0 unspecified atom stereocenters. The minimum atomic E-state index is -3.78. The molecule has 3 N–H and O–H groups in total. The highest BCUT2D eigenvalue weighted by molar-refractivity contribution is 7.89. The van der Waals surface area contributed by atoms with E-state index in [1.807, 2.05) is 30.6 Å². The van der Waals surface area contributed by atoms with E-state index < -0.39 is 15.9 Å². The Balaban J connectivity index is 1.92. The molecular weight excluding hydrogens is 436 g/mol. The molecule has 0 fully saturated rings. The van der Waals surface area contributed by atoms with Crippen molar-refractivity contribution in [2.75, 3.05) is 5.32 Å². The molecule has 0 saturated heterocycles. The highest BCUT2D eigenvalue weighted by Crippen LogP contribution is 2.24. The minimum absolute atomic E-state index is 0.0180. The van der Waals surface area contributed by atoms with E-state index in [0.29, 0.717) is 16.3 Å². The van der Waals surface area contributed by atoms with E-state index in [4.69, 9.17) is 16.7 Å². The number of nitrogens with two attached hydrogens (primary N) is 1. The number of rotatable bonds is 5. The molecule has 0 atom stereocenters. The molecule has 0 aliphatic carbocycles. The summed E-state index contributed by atoms with van der Waals surface area (Å²) < 4.78 is 24.8. The second-order valence-electron chi connectivity index (χ2n) is 6.83. The van der Waals surface area contributed by atoms with E-state index in [0.717, 1.165) is 17.1 Å². The number of hydrogen-bond donors (Lipinski definition) is 2. The average Bonchev–Trinajstić information content (AvgIpc) is 3.00. The number of nitrogens with one attached hydrogen (secondary N) is 1. The van der Waals surface area contributed by atoms with Gasteiger partial charge in [-0.25, -0.2) is 13.6 Å². The summed E-state index contributed by atoms with van der Waals surface area (Å²) in [5.41, 5.74) is 3.52. The molecule has 3 aromatic rings. The van der Waals surface area contributed by atoms with Gasteiger partial charge in [0.15, 0.2) is 0 Å². The van der Waals surface area contributed by atoms with Crippen LogP contribution in [0.25, 0.3) is 11.8 Å². The zero-order valence-electron chi connectivity index (χ0n) is 16.8. The lowest BCUT2D eigenvalue weighted by molar-refractivity contribution is -0.112. The van der Waals surface area contributed by atoms with Gasteiger partial charge in [0.1, 0.15) is 11.6 Å². The van der Waals surface area contributed by atoms with Gasteiger partial charge in [0.25, 0.3) is 5.91 Å². The van der Waals surface area contributed by atoms with Crippen molar-refractivity contribution in [2.45, 2.75) is 18.7 Å². The summed E-state index contributed by atoms with van der Waals surface area (Å²) in [4.78, 5) is 12.5. The van der Waals surface area contributed by atoms with Crippen LogP contribution in [-0.4, -0.2) is 18.9 Å². The predicted octanol–water partition coefficient (Wildman–Crippen LogP) is 3.94. The van der Waals surface area contributed by atoms with Crippen LogP contribution in [0.4, 0.5) is 5.69 Å². The quantitative estimate of drug-likeness (QED) is 0.448. The van der Waals surface area contributed by atoms with Gasteiger partial charge in [-0.1, -0.05) is 11.6 Å². The Morgan fingerprint density at radius 2 is 1.74 bits per heavy atom. The van der Waals surface area contributed by atoms with Gasteiger partial charge in [-0.15, -0.1) is 0 Å². The fraction of sp³-hybridized carbons (Fsp3) is 0.0909. The van der Waals surface area contributed by atoms with Crippen LogP contribution in [0.15, 0.2) is 65.1 Å². The number of nitriles is 1. The van der Waals surface area contributed by atoms with Gasteiger partial charge in [-0.3, -0.25) is 4.79 Å². The van der Waals surface area contributed by atoms with E-state index in [1.54, 1.807) is 36.4 Å². The maximum Gasteiger partial charge on any atom is 0.266 e. The van der Waals surface area contributed by atoms with E-state index in [9.17, 15) is 18.5 Å². The Hall–Kier alpha value is -3.38. The maximum atomic E-state index is 12.5. The first kappa shape index (κ1) is 22.3. The van der Waals surface area contributed by atoms with Crippen LogP contribution in [0.2, 0.25) is 5.02 Å². The molecule has 1 aromatic heterocycles. The molecule has 1 heterocycles. The first-order valence-corrected chi connectivity index (χ1v) is 11.0. The molecule has 0 aliphatic heterocycles. The highest BCUT2D eigenvalue weighted by atomic mass is 35.5. The third kappa shape index (κ3) is 5.03. The van der Waals surface area contributed by atoms with E-state index in [2.05, 4.69) is 5.32 Å². The van der Waals surface area contributed by atoms with E-state index in [1.165, 1.54) is 18.2 Å². The zero-order valence-corrected chi connectivity index (χ0v) is 18.3. The molecule has 158 valence electrons. The van der Waals surface area contributed by atoms with Gasteiger partial charge < -0.3 is 9.88 Å². The Morgan fingerprint density at radius 3 is 2.29 bits per heavy atom. The van der Waals surface area contributed by atoms with Crippen molar-refractivity contribution in [3.8, 4) is 11.8 Å². The Kier molecular flexibility index (Phi) is 6.32. The number of halogens is 1. The normalized spacial score (nSPS) is 11.8. The van der Waals surface area contributed by atoms with Crippen molar-refractivity contribution in [1.82, 2.24) is 4.57 Å². The van der Waals surface area contributed by atoms with Gasteiger partial charge in [-0.05, 0) is 80.1 Å². The Bertz CT molecular complexity index is 1320. The molecule has 0 bridgehead atoms. The van der Waals surface area contributed by atoms with Crippen LogP contribution in [-0.2, 0) is 14.8 Å². The summed E-state index contributed by atoms with van der Waals surface area (Å²) in [6.07, 6.45) is 1.52. The summed E-state index contributed by atoms with van der Waals surface area (Å²) in [6, 6.07) is 16.5. The number of anilines is 1. The van der Waals surface area contributed by atoms with Crippen molar-refractivity contribution >= 4 is 39.3 Å². The maximum absolute atomic E-state index is 12.5. The fourth-order valence-electron chi connectivity index (χ4n) is 3.15. The number of carbonyl (C=O) groups excluding carboxylic acids is 1. The monoisotopic (exact) mass is 454 g/mol. The largest absolute Gasteiger partial charge is 0.321 e. The summed E-state index contributed by atoms with van der Waals surface area (Å²) in [7, 11) is -3.78. The SMILES string of the molecule is Cc1cc(/C=C(/C#N)C(=O)Nc2ccc(Cl)cc2)c(C)n1-c1ccc(S(N)(=O)=O)cc1.